The quantitative estimate of drug-likeness (QED) is 0.662. The smallest absolute Gasteiger partial charge is 0.241 e. The average molecular weight is 425 g/mol. The van der Waals surface area contributed by atoms with Gasteiger partial charge in [0.25, 0.3) is 0 Å². The second-order valence-electron chi connectivity index (χ2n) is 8.11. The normalized spacial score (nSPS) is 23.4. The second-order valence-corrected chi connectivity index (χ2v) is 8.11. The number of pyridine rings is 1. The van der Waals surface area contributed by atoms with Crippen molar-refractivity contribution in [3.05, 3.63) is 65.7 Å². The van der Waals surface area contributed by atoms with Gasteiger partial charge in [0.1, 0.15) is 5.82 Å². The van der Waals surface area contributed by atoms with Gasteiger partial charge >= 0.3 is 0 Å². The average Bonchev–Trinajstić information content (AvgIpc) is 3.38. The fourth-order valence-electron chi connectivity index (χ4n) is 4.30. The van der Waals surface area contributed by atoms with E-state index in [1.807, 2.05) is 0 Å². The largest absolute Gasteiger partial charge is 0.379 e. The van der Waals surface area contributed by atoms with Crippen LogP contribution in [0.1, 0.15) is 30.4 Å². The van der Waals surface area contributed by atoms with Gasteiger partial charge in [0.2, 0.25) is 17.7 Å². The van der Waals surface area contributed by atoms with E-state index in [9.17, 15) is 18.8 Å². The monoisotopic (exact) mass is 425 g/mol. The molecule has 2 fully saturated rings. The number of hydrogen-bond acceptors (Lipinski definition) is 5. The van der Waals surface area contributed by atoms with Crippen molar-refractivity contribution in [3.8, 4) is 0 Å². The Bertz CT molecular complexity index is 993. The van der Waals surface area contributed by atoms with Crippen LogP contribution in [0.5, 0.6) is 0 Å². The standard InChI is InChI=1S/C23H24FN3O4/c1-26(19-7-9-31-15-19)20(28)11-23(17-5-2-6-18(24)10-17)12-21(29)27(22(23)30)14-16-4-3-8-25-13-16/h2-6,8,10,13,19H,7,9,11-12,14-15H2,1H3/t19-,23-/m0/s1. The van der Waals surface area contributed by atoms with Crippen LogP contribution in [-0.2, 0) is 31.1 Å². The summed E-state index contributed by atoms with van der Waals surface area (Å²) in [5.74, 6) is -1.67. The zero-order valence-corrected chi connectivity index (χ0v) is 17.3. The van der Waals surface area contributed by atoms with Gasteiger partial charge in [0.15, 0.2) is 0 Å². The minimum absolute atomic E-state index is 0.0586. The van der Waals surface area contributed by atoms with Crippen LogP contribution in [0.3, 0.4) is 0 Å². The van der Waals surface area contributed by atoms with Gasteiger partial charge < -0.3 is 9.64 Å². The summed E-state index contributed by atoms with van der Waals surface area (Å²) in [6.07, 6.45) is 3.51. The molecule has 2 aliphatic rings. The van der Waals surface area contributed by atoms with E-state index in [1.54, 1.807) is 42.5 Å². The van der Waals surface area contributed by atoms with E-state index in [2.05, 4.69) is 4.98 Å². The van der Waals surface area contributed by atoms with Gasteiger partial charge in [-0.1, -0.05) is 18.2 Å². The number of ether oxygens (including phenoxy) is 1. The Morgan fingerprint density at radius 2 is 2.16 bits per heavy atom. The van der Waals surface area contributed by atoms with Crippen molar-refractivity contribution in [2.24, 2.45) is 0 Å². The predicted octanol–water partition coefficient (Wildman–Crippen LogP) is 2.05. The number of likely N-dealkylation sites (tertiary alicyclic amines) is 1. The number of carbonyl (C=O) groups excluding carboxylic acids is 3. The summed E-state index contributed by atoms with van der Waals surface area (Å²) < 4.78 is 19.4. The Morgan fingerprint density at radius 1 is 1.32 bits per heavy atom. The molecule has 7 nitrogen and oxygen atoms in total. The van der Waals surface area contributed by atoms with Crippen LogP contribution in [0.15, 0.2) is 48.8 Å². The molecule has 162 valence electrons. The highest BCUT2D eigenvalue weighted by atomic mass is 19.1. The summed E-state index contributed by atoms with van der Waals surface area (Å²) in [6, 6.07) is 9.04. The molecule has 0 aliphatic carbocycles. The van der Waals surface area contributed by atoms with Crippen molar-refractivity contribution in [2.75, 3.05) is 20.3 Å². The van der Waals surface area contributed by atoms with Crippen molar-refractivity contribution in [1.29, 1.82) is 0 Å². The zero-order chi connectivity index (χ0) is 22.0. The Morgan fingerprint density at radius 3 is 2.84 bits per heavy atom. The highest BCUT2D eigenvalue weighted by Crippen LogP contribution is 2.41. The molecule has 31 heavy (non-hydrogen) atoms. The molecule has 0 saturated carbocycles. The van der Waals surface area contributed by atoms with Crippen LogP contribution in [0.25, 0.3) is 0 Å². The molecule has 1 aromatic heterocycles. The van der Waals surface area contributed by atoms with E-state index in [4.69, 9.17) is 4.74 Å². The van der Waals surface area contributed by atoms with Crippen LogP contribution in [0, 0.1) is 5.82 Å². The van der Waals surface area contributed by atoms with Crippen LogP contribution < -0.4 is 0 Å². The zero-order valence-electron chi connectivity index (χ0n) is 17.3. The van der Waals surface area contributed by atoms with Crippen LogP contribution >= 0.6 is 0 Å². The van der Waals surface area contributed by atoms with Gasteiger partial charge in [-0.05, 0) is 35.7 Å². The third kappa shape index (κ3) is 4.07. The van der Waals surface area contributed by atoms with Crippen molar-refractivity contribution in [1.82, 2.24) is 14.8 Å². The Balaban J connectivity index is 1.67. The maximum absolute atomic E-state index is 14.1. The fourth-order valence-corrected chi connectivity index (χ4v) is 4.30. The van der Waals surface area contributed by atoms with Gasteiger partial charge in [-0.2, -0.15) is 0 Å². The highest BCUT2D eigenvalue weighted by molar-refractivity contribution is 6.10. The number of aromatic nitrogens is 1. The van der Waals surface area contributed by atoms with Crippen molar-refractivity contribution < 1.29 is 23.5 Å². The Hall–Kier alpha value is -3.13. The summed E-state index contributed by atoms with van der Waals surface area (Å²) in [5, 5.41) is 0. The number of nitrogens with zero attached hydrogens (tertiary/aromatic N) is 3. The summed E-state index contributed by atoms with van der Waals surface area (Å²) in [6.45, 7) is 1.08. The molecule has 0 spiro atoms. The van der Waals surface area contributed by atoms with Gasteiger partial charge in [-0.3, -0.25) is 24.3 Å². The van der Waals surface area contributed by atoms with Crippen molar-refractivity contribution >= 4 is 17.7 Å². The minimum atomic E-state index is -1.44. The van der Waals surface area contributed by atoms with Crippen LogP contribution in [0.4, 0.5) is 4.39 Å². The number of imide groups is 1. The molecular formula is C23H24FN3O4. The van der Waals surface area contributed by atoms with Gasteiger partial charge in [0, 0.05) is 38.9 Å². The van der Waals surface area contributed by atoms with E-state index in [-0.39, 0.29) is 31.3 Å². The molecular weight excluding hydrogens is 401 g/mol. The molecule has 3 amide bonds. The first-order valence-corrected chi connectivity index (χ1v) is 10.2. The number of hydrogen-bond donors (Lipinski definition) is 0. The van der Waals surface area contributed by atoms with Crippen LogP contribution in [0.2, 0.25) is 0 Å². The topological polar surface area (TPSA) is 79.8 Å². The number of amides is 3. The molecule has 2 atom stereocenters. The van der Waals surface area contributed by atoms with E-state index < -0.39 is 23.0 Å². The van der Waals surface area contributed by atoms with E-state index in [0.29, 0.717) is 24.3 Å². The molecule has 0 unspecified atom stereocenters. The van der Waals surface area contributed by atoms with E-state index >= 15 is 0 Å². The Labute approximate surface area is 179 Å². The molecule has 3 heterocycles. The lowest BCUT2D eigenvalue weighted by atomic mass is 9.75. The highest BCUT2D eigenvalue weighted by Gasteiger charge is 2.54. The first-order valence-electron chi connectivity index (χ1n) is 10.2. The third-order valence-corrected chi connectivity index (χ3v) is 6.15. The number of likely N-dealkylation sites (N-methyl/N-ethyl adjacent to an activating group) is 1. The number of carbonyl (C=O) groups is 3. The maximum atomic E-state index is 14.1. The van der Waals surface area contributed by atoms with Crippen LogP contribution in [-0.4, -0.2) is 58.8 Å². The van der Waals surface area contributed by atoms with Gasteiger partial charge in [-0.25, -0.2) is 4.39 Å². The summed E-state index contributed by atoms with van der Waals surface area (Å²) in [4.78, 5) is 46.4. The number of rotatable bonds is 6. The van der Waals surface area contributed by atoms with E-state index in [0.717, 1.165) is 11.3 Å². The Kier molecular flexibility index (Phi) is 5.82. The third-order valence-electron chi connectivity index (χ3n) is 6.15. The molecule has 8 heteroatoms. The summed E-state index contributed by atoms with van der Waals surface area (Å²) in [5.41, 5.74) is -0.401. The summed E-state index contributed by atoms with van der Waals surface area (Å²) in [7, 11) is 1.68. The molecule has 2 aromatic rings. The molecule has 0 bridgehead atoms. The predicted molar refractivity (Wildman–Crippen MR) is 109 cm³/mol. The van der Waals surface area contributed by atoms with Gasteiger partial charge in [0.05, 0.1) is 24.6 Å². The van der Waals surface area contributed by atoms with Gasteiger partial charge in [-0.15, -0.1) is 0 Å². The molecule has 0 radical (unpaired) electrons. The molecule has 0 N–H and O–H groups in total. The number of halogens is 1. The first kappa shape index (κ1) is 21.1. The van der Waals surface area contributed by atoms with E-state index in [1.165, 1.54) is 18.2 Å². The molecule has 2 aliphatic heterocycles. The lowest BCUT2D eigenvalue weighted by Crippen LogP contribution is -2.45. The number of benzene rings is 1. The maximum Gasteiger partial charge on any atom is 0.241 e. The van der Waals surface area contributed by atoms with Crippen molar-refractivity contribution in [3.63, 3.8) is 0 Å². The minimum Gasteiger partial charge on any atom is -0.379 e. The summed E-state index contributed by atoms with van der Waals surface area (Å²) >= 11 is 0. The first-order chi connectivity index (χ1) is 14.9. The molecule has 1 aromatic carbocycles. The SMILES string of the molecule is CN(C(=O)C[C@@]1(c2cccc(F)c2)CC(=O)N(Cc2cccnc2)C1=O)[C@H]1CCOC1. The second kappa shape index (κ2) is 8.55. The lowest BCUT2D eigenvalue weighted by Gasteiger charge is -2.31. The lowest BCUT2D eigenvalue weighted by molar-refractivity contribution is -0.143. The molecule has 4 rings (SSSR count). The fraction of sp³-hybridized carbons (Fsp3) is 0.391. The van der Waals surface area contributed by atoms with Crippen molar-refractivity contribution in [2.45, 2.75) is 37.3 Å². The molecule has 2 saturated heterocycles.